The van der Waals surface area contributed by atoms with Gasteiger partial charge in [0.1, 0.15) is 18.1 Å². The van der Waals surface area contributed by atoms with E-state index in [1.165, 1.54) is 12.1 Å². The minimum atomic E-state index is -0.317. The van der Waals surface area contributed by atoms with E-state index in [1.54, 1.807) is 64.6 Å². The van der Waals surface area contributed by atoms with Gasteiger partial charge in [-0.05, 0) is 59.3 Å². The molecule has 2 aromatic carbocycles. The number of carbonyl (C=O) groups is 2. The number of amides is 2. The number of benzene rings is 2. The Bertz CT molecular complexity index is 1030. The lowest BCUT2D eigenvalue weighted by atomic mass is 10.1. The van der Waals surface area contributed by atoms with Crippen molar-refractivity contribution in [1.82, 2.24) is 9.80 Å². The topological polar surface area (TPSA) is 49.9 Å². The van der Waals surface area contributed by atoms with E-state index in [9.17, 15) is 14.0 Å². The summed E-state index contributed by atoms with van der Waals surface area (Å²) in [5.41, 5.74) is 1.34. The number of hydrogen-bond donors (Lipinski definition) is 0. The monoisotopic (exact) mass is 468 g/mol. The van der Waals surface area contributed by atoms with Gasteiger partial charge >= 0.3 is 0 Å². The van der Waals surface area contributed by atoms with Crippen LogP contribution in [0.1, 0.15) is 34.6 Å². The first-order valence-electron chi connectivity index (χ1n) is 10.8. The average molecular weight is 469 g/mol. The quantitative estimate of drug-likeness (QED) is 0.410. The molecule has 0 aliphatic carbocycles. The van der Waals surface area contributed by atoms with Gasteiger partial charge in [0.25, 0.3) is 5.91 Å². The average Bonchev–Trinajstić information content (AvgIpc) is 3.32. The molecule has 3 aromatic rings. The molecule has 0 N–H and O–H groups in total. The molecule has 0 saturated heterocycles. The predicted octanol–water partition coefficient (Wildman–Crippen LogP) is 5.22. The third-order valence-corrected chi connectivity index (χ3v) is 5.96. The van der Waals surface area contributed by atoms with Crippen molar-refractivity contribution in [3.05, 3.63) is 87.9 Å². The minimum Gasteiger partial charge on any atom is -0.497 e. The summed E-state index contributed by atoms with van der Waals surface area (Å²) < 4.78 is 18.5. The van der Waals surface area contributed by atoms with Crippen LogP contribution in [-0.4, -0.2) is 41.8 Å². The van der Waals surface area contributed by atoms with Crippen molar-refractivity contribution in [2.45, 2.75) is 26.9 Å². The molecule has 3 rings (SSSR count). The van der Waals surface area contributed by atoms with Gasteiger partial charge in [-0.2, -0.15) is 0 Å². The minimum absolute atomic E-state index is 0.0321. The zero-order valence-electron chi connectivity index (χ0n) is 19.2. The maximum absolute atomic E-state index is 13.4. The first kappa shape index (κ1) is 24.5. The maximum Gasteiger partial charge on any atom is 0.254 e. The van der Waals surface area contributed by atoms with Crippen LogP contribution in [0.2, 0.25) is 0 Å². The highest BCUT2D eigenvalue weighted by atomic mass is 32.1. The van der Waals surface area contributed by atoms with Gasteiger partial charge in [0.2, 0.25) is 5.91 Å². The SMILES string of the molecule is COc1ccc(C(=O)N(CC(=O)N(Cc2ccc(F)cc2)Cc2cccs2)CC(C)C)cc1. The molecule has 2 amide bonds. The van der Waals surface area contributed by atoms with Crippen molar-refractivity contribution >= 4 is 23.2 Å². The van der Waals surface area contributed by atoms with Crippen molar-refractivity contribution in [3.63, 3.8) is 0 Å². The van der Waals surface area contributed by atoms with Crippen molar-refractivity contribution in [3.8, 4) is 5.75 Å². The first-order chi connectivity index (χ1) is 15.9. The molecule has 33 heavy (non-hydrogen) atoms. The van der Waals surface area contributed by atoms with Crippen LogP contribution in [0.5, 0.6) is 5.75 Å². The molecular formula is C26H29FN2O3S. The normalized spacial score (nSPS) is 10.8. The smallest absolute Gasteiger partial charge is 0.254 e. The zero-order valence-corrected chi connectivity index (χ0v) is 20.0. The van der Waals surface area contributed by atoms with Crippen LogP contribution in [0, 0.1) is 11.7 Å². The molecule has 0 spiro atoms. The Hall–Kier alpha value is -3.19. The molecule has 7 heteroatoms. The largest absolute Gasteiger partial charge is 0.497 e. The molecule has 0 bridgehead atoms. The molecule has 0 unspecified atom stereocenters. The summed E-state index contributed by atoms with van der Waals surface area (Å²) in [5, 5.41) is 1.97. The maximum atomic E-state index is 13.4. The van der Waals surface area contributed by atoms with Crippen LogP contribution in [0.15, 0.2) is 66.0 Å². The van der Waals surface area contributed by atoms with Gasteiger partial charge in [-0.25, -0.2) is 4.39 Å². The molecule has 1 aromatic heterocycles. The summed E-state index contributed by atoms with van der Waals surface area (Å²) in [6.45, 7) is 5.22. The fraction of sp³-hybridized carbons (Fsp3) is 0.308. The third kappa shape index (κ3) is 7.15. The summed E-state index contributed by atoms with van der Waals surface area (Å²) >= 11 is 1.57. The van der Waals surface area contributed by atoms with E-state index in [0.29, 0.717) is 30.9 Å². The molecule has 0 saturated carbocycles. The zero-order chi connectivity index (χ0) is 23.8. The van der Waals surface area contributed by atoms with Gasteiger partial charge in [0.15, 0.2) is 0 Å². The van der Waals surface area contributed by atoms with E-state index < -0.39 is 0 Å². The molecular weight excluding hydrogens is 439 g/mol. The molecule has 1 heterocycles. The predicted molar refractivity (Wildman–Crippen MR) is 129 cm³/mol. The second-order valence-corrected chi connectivity index (χ2v) is 9.30. The lowest BCUT2D eigenvalue weighted by Crippen LogP contribution is -2.43. The fourth-order valence-corrected chi connectivity index (χ4v) is 4.19. The van der Waals surface area contributed by atoms with Crippen LogP contribution in [-0.2, 0) is 17.9 Å². The molecule has 0 fully saturated rings. The fourth-order valence-electron chi connectivity index (χ4n) is 3.47. The summed E-state index contributed by atoms with van der Waals surface area (Å²) in [4.78, 5) is 31.0. The van der Waals surface area contributed by atoms with Gasteiger partial charge in [-0.3, -0.25) is 9.59 Å². The molecule has 5 nitrogen and oxygen atoms in total. The second-order valence-electron chi connectivity index (χ2n) is 8.26. The standard InChI is InChI=1S/C26H29FN2O3S/c1-19(2)15-29(26(31)21-8-12-23(32-3)13-9-21)18-25(30)28(17-24-5-4-14-33-24)16-20-6-10-22(27)11-7-20/h4-14,19H,15-18H2,1-3H3. The molecule has 0 aliphatic rings. The van der Waals surface area contributed by atoms with E-state index >= 15 is 0 Å². The van der Waals surface area contributed by atoms with Gasteiger partial charge in [-0.1, -0.05) is 32.0 Å². The number of rotatable bonds is 10. The molecule has 0 atom stereocenters. The Balaban J connectivity index is 1.80. The van der Waals surface area contributed by atoms with Crippen molar-refractivity contribution in [1.29, 1.82) is 0 Å². The summed E-state index contributed by atoms with van der Waals surface area (Å²) in [7, 11) is 1.57. The number of nitrogens with zero attached hydrogens (tertiary/aromatic N) is 2. The Morgan fingerprint density at radius 2 is 1.67 bits per heavy atom. The summed E-state index contributed by atoms with van der Waals surface area (Å²) in [5.74, 6) is 0.193. The Labute approximate surface area is 198 Å². The summed E-state index contributed by atoms with van der Waals surface area (Å²) in [6, 6.07) is 16.9. The Morgan fingerprint density at radius 1 is 0.970 bits per heavy atom. The first-order valence-corrected chi connectivity index (χ1v) is 11.7. The number of thiophene rings is 1. The van der Waals surface area contributed by atoms with E-state index in [-0.39, 0.29) is 30.1 Å². The number of methoxy groups -OCH3 is 1. The molecule has 0 radical (unpaired) electrons. The van der Waals surface area contributed by atoms with Gasteiger partial charge in [0.05, 0.1) is 13.7 Å². The van der Waals surface area contributed by atoms with Gasteiger partial charge < -0.3 is 14.5 Å². The Kier molecular flexibility index (Phi) is 8.60. The van der Waals surface area contributed by atoms with Crippen LogP contribution in [0.4, 0.5) is 4.39 Å². The summed E-state index contributed by atoms with van der Waals surface area (Å²) in [6.07, 6.45) is 0. The molecule has 174 valence electrons. The van der Waals surface area contributed by atoms with Crippen LogP contribution < -0.4 is 4.74 Å². The van der Waals surface area contributed by atoms with E-state index in [4.69, 9.17) is 4.74 Å². The number of carbonyl (C=O) groups excluding carboxylic acids is 2. The van der Waals surface area contributed by atoms with E-state index in [1.807, 2.05) is 31.4 Å². The highest BCUT2D eigenvalue weighted by molar-refractivity contribution is 7.09. The van der Waals surface area contributed by atoms with Crippen molar-refractivity contribution in [2.75, 3.05) is 20.2 Å². The van der Waals surface area contributed by atoms with Crippen molar-refractivity contribution < 1.29 is 18.7 Å². The van der Waals surface area contributed by atoms with Crippen LogP contribution in [0.25, 0.3) is 0 Å². The Morgan fingerprint density at radius 3 is 2.24 bits per heavy atom. The highest BCUT2D eigenvalue weighted by Crippen LogP contribution is 2.18. The lowest BCUT2D eigenvalue weighted by Gasteiger charge is -2.29. The highest BCUT2D eigenvalue weighted by Gasteiger charge is 2.24. The van der Waals surface area contributed by atoms with E-state index in [2.05, 4.69) is 0 Å². The lowest BCUT2D eigenvalue weighted by molar-refractivity contribution is -0.133. The number of ether oxygens (including phenoxy) is 1. The second kappa shape index (κ2) is 11.6. The van der Waals surface area contributed by atoms with Gasteiger partial charge in [-0.15, -0.1) is 11.3 Å². The third-order valence-electron chi connectivity index (χ3n) is 5.10. The van der Waals surface area contributed by atoms with Crippen molar-refractivity contribution in [2.24, 2.45) is 5.92 Å². The van der Waals surface area contributed by atoms with Gasteiger partial charge in [0, 0.05) is 23.5 Å². The van der Waals surface area contributed by atoms with Crippen LogP contribution in [0.3, 0.4) is 0 Å². The van der Waals surface area contributed by atoms with E-state index in [0.717, 1.165) is 10.4 Å². The number of halogens is 1. The van der Waals surface area contributed by atoms with Crippen LogP contribution >= 0.6 is 11.3 Å². The number of hydrogen-bond acceptors (Lipinski definition) is 4. The molecule has 0 aliphatic heterocycles.